The van der Waals surface area contributed by atoms with Crippen molar-refractivity contribution in [3.8, 4) is 0 Å². The third-order valence-electron chi connectivity index (χ3n) is 4.07. The molecular formula is C17H27N3O. The van der Waals surface area contributed by atoms with E-state index >= 15 is 0 Å². The molecule has 4 nitrogen and oxygen atoms in total. The predicted molar refractivity (Wildman–Crippen MR) is 87.8 cm³/mol. The third-order valence-corrected chi connectivity index (χ3v) is 4.07. The van der Waals surface area contributed by atoms with Crippen LogP contribution in [0.15, 0.2) is 12.1 Å². The minimum Gasteiger partial charge on any atom is -0.385 e. The molecular weight excluding hydrogens is 262 g/mol. The molecule has 1 atom stereocenters. The molecule has 0 radical (unpaired) electrons. The van der Waals surface area contributed by atoms with Gasteiger partial charge in [-0.1, -0.05) is 6.07 Å². The Morgan fingerprint density at radius 1 is 1.33 bits per heavy atom. The Labute approximate surface area is 127 Å². The van der Waals surface area contributed by atoms with Gasteiger partial charge in [-0.15, -0.1) is 0 Å². The maximum Gasteiger partial charge on any atom is 0.107 e. The SMILES string of the molecule is COCC[C@@H](C)NCCCc1nc2c(C)c(C)ccc2[nH]1. The second-order valence-electron chi connectivity index (χ2n) is 5.83. The van der Waals surface area contributed by atoms with Crippen molar-refractivity contribution in [3.63, 3.8) is 0 Å². The maximum atomic E-state index is 5.09. The van der Waals surface area contributed by atoms with E-state index in [-0.39, 0.29) is 0 Å². The van der Waals surface area contributed by atoms with Crippen molar-refractivity contribution in [3.05, 3.63) is 29.1 Å². The van der Waals surface area contributed by atoms with Crippen LogP contribution in [-0.2, 0) is 11.2 Å². The molecule has 116 valence electrons. The molecule has 1 heterocycles. The van der Waals surface area contributed by atoms with Gasteiger partial charge in [-0.25, -0.2) is 4.98 Å². The molecule has 2 aromatic rings. The number of benzene rings is 1. The molecule has 21 heavy (non-hydrogen) atoms. The molecule has 2 N–H and O–H groups in total. The predicted octanol–water partition coefficient (Wildman–Crippen LogP) is 3.13. The molecule has 0 aliphatic rings. The van der Waals surface area contributed by atoms with Gasteiger partial charge in [0.2, 0.25) is 0 Å². The van der Waals surface area contributed by atoms with Crippen LogP contribution in [0.25, 0.3) is 11.0 Å². The molecule has 0 fully saturated rings. The number of hydrogen-bond donors (Lipinski definition) is 2. The van der Waals surface area contributed by atoms with Crippen molar-refractivity contribution in [1.29, 1.82) is 0 Å². The van der Waals surface area contributed by atoms with Gasteiger partial charge in [-0.05, 0) is 57.4 Å². The summed E-state index contributed by atoms with van der Waals surface area (Å²) in [5, 5.41) is 3.52. The maximum absolute atomic E-state index is 5.09. The van der Waals surface area contributed by atoms with Gasteiger partial charge < -0.3 is 15.0 Å². The number of methoxy groups -OCH3 is 1. The van der Waals surface area contributed by atoms with Crippen LogP contribution in [0.3, 0.4) is 0 Å². The van der Waals surface area contributed by atoms with Gasteiger partial charge in [0.25, 0.3) is 0 Å². The second-order valence-corrected chi connectivity index (χ2v) is 5.83. The monoisotopic (exact) mass is 289 g/mol. The summed E-state index contributed by atoms with van der Waals surface area (Å²) in [5.41, 5.74) is 4.84. The second kappa shape index (κ2) is 7.57. The number of ether oxygens (including phenoxy) is 1. The highest BCUT2D eigenvalue weighted by molar-refractivity contribution is 5.79. The first-order chi connectivity index (χ1) is 10.1. The summed E-state index contributed by atoms with van der Waals surface area (Å²) in [6.07, 6.45) is 3.13. The number of nitrogens with zero attached hydrogens (tertiary/aromatic N) is 1. The fourth-order valence-electron chi connectivity index (χ4n) is 2.48. The Morgan fingerprint density at radius 2 is 2.14 bits per heavy atom. The van der Waals surface area contributed by atoms with Crippen molar-refractivity contribution in [2.75, 3.05) is 20.3 Å². The van der Waals surface area contributed by atoms with Gasteiger partial charge in [-0.2, -0.15) is 0 Å². The highest BCUT2D eigenvalue weighted by Crippen LogP contribution is 2.19. The Bertz CT molecular complexity index is 577. The fraction of sp³-hybridized carbons (Fsp3) is 0.588. The molecule has 2 rings (SSSR count). The number of hydrogen-bond acceptors (Lipinski definition) is 3. The number of nitrogens with one attached hydrogen (secondary N) is 2. The van der Waals surface area contributed by atoms with E-state index in [4.69, 9.17) is 9.72 Å². The molecule has 1 aromatic carbocycles. The summed E-state index contributed by atoms with van der Waals surface area (Å²) >= 11 is 0. The van der Waals surface area contributed by atoms with Crippen LogP contribution in [0.1, 0.15) is 36.7 Å². The summed E-state index contributed by atoms with van der Waals surface area (Å²) in [6.45, 7) is 8.30. The summed E-state index contributed by atoms with van der Waals surface area (Å²) in [5.74, 6) is 1.09. The van der Waals surface area contributed by atoms with Gasteiger partial charge in [0.05, 0.1) is 11.0 Å². The summed E-state index contributed by atoms with van der Waals surface area (Å²) in [6, 6.07) is 4.78. The van der Waals surface area contributed by atoms with E-state index in [0.29, 0.717) is 6.04 Å². The number of H-pyrrole nitrogens is 1. The van der Waals surface area contributed by atoms with Crippen molar-refractivity contribution < 1.29 is 4.74 Å². The molecule has 0 spiro atoms. The zero-order chi connectivity index (χ0) is 15.2. The smallest absolute Gasteiger partial charge is 0.107 e. The average Bonchev–Trinajstić information content (AvgIpc) is 2.89. The van der Waals surface area contributed by atoms with Crippen LogP contribution >= 0.6 is 0 Å². The molecule has 1 aromatic heterocycles. The van der Waals surface area contributed by atoms with Gasteiger partial charge in [0.1, 0.15) is 5.82 Å². The lowest BCUT2D eigenvalue weighted by atomic mass is 10.1. The first kappa shape index (κ1) is 16.0. The Balaban J connectivity index is 1.83. The molecule has 0 bridgehead atoms. The van der Waals surface area contributed by atoms with Crippen LogP contribution in [0, 0.1) is 13.8 Å². The number of aromatic amines is 1. The summed E-state index contributed by atoms with van der Waals surface area (Å²) in [7, 11) is 1.75. The van der Waals surface area contributed by atoms with Crippen LogP contribution < -0.4 is 5.32 Å². The molecule has 0 aliphatic carbocycles. The van der Waals surface area contributed by atoms with Gasteiger partial charge in [0.15, 0.2) is 0 Å². The molecule has 0 saturated heterocycles. The van der Waals surface area contributed by atoms with E-state index in [9.17, 15) is 0 Å². The highest BCUT2D eigenvalue weighted by Gasteiger charge is 2.07. The van der Waals surface area contributed by atoms with E-state index in [1.165, 1.54) is 11.1 Å². The Kier molecular flexibility index (Phi) is 5.76. The van der Waals surface area contributed by atoms with Crippen molar-refractivity contribution in [1.82, 2.24) is 15.3 Å². The van der Waals surface area contributed by atoms with Gasteiger partial charge >= 0.3 is 0 Å². The lowest BCUT2D eigenvalue weighted by molar-refractivity contribution is 0.185. The number of fused-ring (bicyclic) bond motifs is 1. The van der Waals surface area contributed by atoms with Gasteiger partial charge in [0, 0.05) is 26.2 Å². The standard InChI is InChI=1S/C17H27N3O/c1-12-7-8-15-17(14(12)3)20-16(19-15)6-5-10-18-13(2)9-11-21-4/h7-8,13,18H,5-6,9-11H2,1-4H3,(H,19,20)/t13-/m1/s1. The molecule has 4 heteroatoms. The third kappa shape index (κ3) is 4.29. The number of aromatic nitrogens is 2. The fourth-order valence-corrected chi connectivity index (χ4v) is 2.48. The minimum atomic E-state index is 0.505. The number of rotatable bonds is 8. The quantitative estimate of drug-likeness (QED) is 0.734. The van der Waals surface area contributed by atoms with E-state index in [2.05, 4.69) is 43.2 Å². The number of aryl methyl sites for hydroxylation is 3. The van der Waals surface area contributed by atoms with Crippen LogP contribution in [0.4, 0.5) is 0 Å². The van der Waals surface area contributed by atoms with E-state index in [1.54, 1.807) is 7.11 Å². The summed E-state index contributed by atoms with van der Waals surface area (Å²) < 4.78 is 5.09. The largest absolute Gasteiger partial charge is 0.385 e. The van der Waals surface area contributed by atoms with Crippen molar-refractivity contribution >= 4 is 11.0 Å². The lowest BCUT2D eigenvalue weighted by Gasteiger charge is -2.12. The van der Waals surface area contributed by atoms with Crippen molar-refractivity contribution in [2.24, 2.45) is 0 Å². The van der Waals surface area contributed by atoms with E-state index in [1.807, 2.05) is 0 Å². The Hall–Kier alpha value is -1.39. The molecule has 0 saturated carbocycles. The average molecular weight is 289 g/mol. The molecule has 0 amide bonds. The number of imidazole rings is 1. The molecule has 0 aliphatic heterocycles. The minimum absolute atomic E-state index is 0.505. The molecule has 0 unspecified atom stereocenters. The Morgan fingerprint density at radius 3 is 2.90 bits per heavy atom. The van der Waals surface area contributed by atoms with Crippen molar-refractivity contribution in [2.45, 2.75) is 46.1 Å². The zero-order valence-electron chi connectivity index (χ0n) is 13.6. The highest BCUT2D eigenvalue weighted by atomic mass is 16.5. The summed E-state index contributed by atoms with van der Waals surface area (Å²) in [4.78, 5) is 8.16. The normalized spacial score (nSPS) is 13.0. The van der Waals surface area contributed by atoms with Crippen LogP contribution in [-0.4, -0.2) is 36.3 Å². The van der Waals surface area contributed by atoms with E-state index in [0.717, 1.165) is 49.3 Å². The van der Waals surface area contributed by atoms with Gasteiger partial charge in [-0.3, -0.25) is 0 Å². The topological polar surface area (TPSA) is 49.9 Å². The van der Waals surface area contributed by atoms with E-state index < -0.39 is 0 Å². The zero-order valence-corrected chi connectivity index (χ0v) is 13.6. The first-order valence-corrected chi connectivity index (χ1v) is 7.79. The lowest BCUT2D eigenvalue weighted by Crippen LogP contribution is -2.28. The first-order valence-electron chi connectivity index (χ1n) is 7.79. The van der Waals surface area contributed by atoms with Crippen LogP contribution in [0.2, 0.25) is 0 Å². The van der Waals surface area contributed by atoms with Crippen LogP contribution in [0.5, 0.6) is 0 Å².